The second kappa shape index (κ2) is 6.54. The summed E-state index contributed by atoms with van der Waals surface area (Å²) in [6, 6.07) is 10.2. The van der Waals surface area contributed by atoms with Gasteiger partial charge in [0.15, 0.2) is 0 Å². The molecule has 0 aliphatic heterocycles. The van der Waals surface area contributed by atoms with E-state index >= 15 is 0 Å². The molecule has 0 amide bonds. The standard InChI is InChI=1S/C11H17NO2/c1-10(7-8-13)12-14-9-11-5-3-2-4-6-11/h2-6,10,12-13H,7-9H2,1H3/t10-/m1/s1. The second-order valence-corrected chi connectivity index (χ2v) is 3.31. The van der Waals surface area contributed by atoms with E-state index < -0.39 is 0 Å². The molecule has 1 aromatic carbocycles. The summed E-state index contributed by atoms with van der Waals surface area (Å²) in [7, 11) is 0. The summed E-state index contributed by atoms with van der Waals surface area (Å²) >= 11 is 0. The summed E-state index contributed by atoms with van der Waals surface area (Å²) in [4.78, 5) is 5.27. The fourth-order valence-corrected chi connectivity index (χ4v) is 1.09. The molecule has 0 aliphatic carbocycles. The van der Waals surface area contributed by atoms with Gasteiger partial charge in [-0.15, -0.1) is 0 Å². The van der Waals surface area contributed by atoms with Crippen molar-refractivity contribution in [2.45, 2.75) is 26.0 Å². The summed E-state index contributed by atoms with van der Waals surface area (Å²) < 4.78 is 0. The van der Waals surface area contributed by atoms with E-state index in [4.69, 9.17) is 9.94 Å². The van der Waals surface area contributed by atoms with Crippen molar-refractivity contribution >= 4 is 0 Å². The Morgan fingerprint density at radius 3 is 2.71 bits per heavy atom. The number of nitrogens with one attached hydrogen (secondary N) is 1. The average Bonchev–Trinajstić information content (AvgIpc) is 2.20. The molecule has 0 heterocycles. The SMILES string of the molecule is C[C@H](CCO)NOCc1ccccc1. The molecular weight excluding hydrogens is 178 g/mol. The zero-order valence-corrected chi connectivity index (χ0v) is 8.44. The first-order chi connectivity index (χ1) is 6.83. The van der Waals surface area contributed by atoms with Gasteiger partial charge in [0.2, 0.25) is 0 Å². The Hall–Kier alpha value is -0.900. The topological polar surface area (TPSA) is 41.5 Å². The highest BCUT2D eigenvalue weighted by molar-refractivity contribution is 5.13. The van der Waals surface area contributed by atoms with Crippen molar-refractivity contribution < 1.29 is 9.94 Å². The van der Waals surface area contributed by atoms with Gasteiger partial charge in [-0.1, -0.05) is 30.3 Å². The molecule has 0 saturated heterocycles. The van der Waals surface area contributed by atoms with Gasteiger partial charge in [-0.05, 0) is 18.9 Å². The lowest BCUT2D eigenvalue weighted by Crippen LogP contribution is -2.26. The Morgan fingerprint density at radius 2 is 2.07 bits per heavy atom. The van der Waals surface area contributed by atoms with Crippen LogP contribution in [0.1, 0.15) is 18.9 Å². The monoisotopic (exact) mass is 195 g/mol. The van der Waals surface area contributed by atoms with E-state index in [2.05, 4.69) is 5.48 Å². The van der Waals surface area contributed by atoms with E-state index in [1.807, 2.05) is 37.3 Å². The molecule has 3 heteroatoms. The van der Waals surface area contributed by atoms with Crippen molar-refractivity contribution in [3.8, 4) is 0 Å². The van der Waals surface area contributed by atoms with Gasteiger partial charge in [0.1, 0.15) is 0 Å². The summed E-state index contributed by atoms with van der Waals surface area (Å²) in [5.74, 6) is 0. The minimum Gasteiger partial charge on any atom is -0.396 e. The number of aliphatic hydroxyl groups excluding tert-OH is 1. The van der Waals surface area contributed by atoms with E-state index in [0.717, 1.165) is 5.56 Å². The zero-order chi connectivity index (χ0) is 10.2. The number of aliphatic hydroxyl groups is 1. The van der Waals surface area contributed by atoms with Gasteiger partial charge in [-0.2, -0.15) is 5.48 Å². The van der Waals surface area contributed by atoms with Gasteiger partial charge in [0.05, 0.1) is 6.61 Å². The van der Waals surface area contributed by atoms with E-state index in [1.165, 1.54) is 0 Å². The van der Waals surface area contributed by atoms with Gasteiger partial charge in [0.25, 0.3) is 0 Å². The van der Waals surface area contributed by atoms with Crippen molar-refractivity contribution in [3.05, 3.63) is 35.9 Å². The van der Waals surface area contributed by atoms with Crippen LogP contribution in [0.5, 0.6) is 0 Å². The summed E-state index contributed by atoms with van der Waals surface area (Å²) in [6.07, 6.45) is 0.703. The van der Waals surface area contributed by atoms with Crippen LogP contribution in [-0.4, -0.2) is 17.8 Å². The third kappa shape index (κ3) is 4.37. The first-order valence-electron chi connectivity index (χ1n) is 4.85. The van der Waals surface area contributed by atoms with Crippen LogP contribution in [0.25, 0.3) is 0 Å². The predicted octanol–water partition coefficient (Wildman–Crippen LogP) is 1.48. The quantitative estimate of drug-likeness (QED) is 0.675. The molecule has 0 saturated carbocycles. The lowest BCUT2D eigenvalue weighted by molar-refractivity contribution is 0.00262. The third-order valence-electron chi connectivity index (χ3n) is 1.93. The first kappa shape index (κ1) is 11.2. The van der Waals surface area contributed by atoms with E-state index in [-0.39, 0.29) is 12.6 Å². The number of hydrogen-bond donors (Lipinski definition) is 2. The minimum absolute atomic E-state index is 0.183. The molecule has 1 rings (SSSR count). The summed E-state index contributed by atoms with van der Waals surface area (Å²) in [5, 5.41) is 8.66. The van der Waals surface area contributed by atoms with Crippen LogP contribution in [0.3, 0.4) is 0 Å². The second-order valence-electron chi connectivity index (χ2n) is 3.31. The van der Waals surface area contributed by atoms with Crippen molar-refractivity contribution in [2.24, 2.45) is 0 Å². The van der Waals surface area contributed by atoms with Crippen LogP contribution >= 0.6 is 0 Å². The maximum atomic E-state index is 8.66. The predicted molar refractivity (Wildman–Crippen MR) is 55.5 cm³/mol. The maximum Gasteiger partial charge on any atom is 0.0933 e. The number of benzene rings is 1. The smallest absolute Gasteiger partial charge is 0.0933 e. The van der Waals surface area contributed by atoms with Crippen LogP contribution in [-0.2, 0) is 11.4 Å². The van der Waals surface area contributed by atoms with Crippen molar-refractivity contribution in [1.82, 2.24) is 5.48 Å². The lowest BCUT2D eigenvalue weighted by atomic mass is 10.2. The molecular formula is C11H17NO2. The fourth-order valence-electron chi connectivity index (χ4n) is 1.09. The summed E-state index contributed by atoms with van der Waals surface area (Å²) in [6.45, 7) is 2.71. The van der Waals surface area contributed by atoms with Crippen molar-refractivity contribution in [1.29, 1.82) is 0 Å². The third-order valence-corrected chi connectivity index (χ3v) is 1.93. The number of hydroxylamine groups is 1. The highest BCUT2D eigenvalue weighted by Crippen LogP contribution is 1.99. The van der Waals surface area contributed by atoms with E-state index in [0.29, 0.717) is 13.0 Å². The fraction of sp³-hybridized carbons (Fsp3) is 0.455. The molecule has 3 nitrogen and oxygen atoms in total. The number of hydrogen-bond acceptors (Lipinski definition) is 3. The van der Waals surface area contributed by atoms with Gasteiger partial charge in [-0.3, -0.25) is 4.84 Å². The van der Waals surface area contributed by atoms with Gasteiger partial charge in [-0.25, -0.2) is 0 Å². The van der Waals surface area contributed by atoms with E-state index in [9.17, 15) is 0 Å². The van der Waals surface area contributed by atoms with Gasteiger partial charge < -0.3 is 5.11 Å². The normalized spacial score (nSPS) is 12.7. The first-order valence-corrected chi connectivity index (χ1v) is 4.85. The van der Waals surface area contributed by atoms with Crippen LogP contribution < -0.4 is 5.48 Å². The lowest BCUT2D eigenvalue weighted by Gasteiger charge is -2.11. The van der Waals surface area contributed by atoms with Crippen molar-refractivity contribution in [3.63, 3.8) is 0 Å². The highest BCUT2D eigenvalue weighted by Gasteiger charge is 1.99. The molecule has 0 aromatic heterocycles. The molecule has 0 bridgehead atoms. The molecule has 0 aliphatic rings. The summed E-state index contributed by atoms with van der Waals surface area (Å²) in [5.41, 5.74) is 4.01. The average molecular weight is 195 g/mol. The Bertz CT molecular complexity index is 238. The van der Waals surface area contributed by atoms with E-state index in [1.54, 1.807) is 0 Å². The Kier molecular flexibility index (Phi) is 5.22. The molecule has 1 aromatic rings. The molecule has 0 unspecified atom stereocenters. The van der Waals surface area contributed by atoms with Crippen molar-refractivity contribution in [2.75, 3.05) is 6.61 Å². The highest BCUT2D eigenvalue weighted by atomic mass is 16.6. The zero-order valence-electron chi connectivity index (χ0n) is 8.44. The molecule has 0 spiro atoms. The molecule has 1 atom stereocenters. The Balaban J connectivity index is 2.16. The minimum atomic E-state index is 0.183. The Morgan fingerprint density at radius 1 is 1.36 bits per heavy atom. The van der Waals surface area contributed by atoms with Crippen LogP contribution in [0, 0.1) is 0 Å². The van der Waals surface area contributed by atoms with Crippen LogP contribution in [0.15, 0.2) is 30.3 Å². The molecule has 2 N–H and O–H groups in total. The number of rotatable bonds is 6. The van der Waals surface area contributed by atoms with Crippen LogP contribution in [0.2, 0.25) is 0 Å². The van der Waals surface area contributed by atoms with Gasteiger partial charge >= 0.3 is 0 Å². The van der Waals surface area contributed by atoms with Gasteiger partial charge in [0, 0.05) is 12.6 Å². The molecule has 0 radical (unpaired) electrons. The molecule has 0 fully saturated rings. The maximum absolute atomic E-state index is 8.66. The molecule has 14 heavy (non-hydrogen) atoms. The van der Waals surface area contributed by atoms with Crippen LogP contribution in [0.4, 0.5) is 0 Å². The largest absolute Gasteiger partial charge is 0.396 e. The Labute approximate surface area is 84.7 Å². The molecule has 78 valence electrons.